The summed E-state index contributed by atoms with van der Waals surface area (Å²) < 4.78 is 0. The van der Waals surface area contributed by atoms with E-state index in [9.17, 15) is 10.1 Å². The van der Waals surface area contributed by atoms with E-state index in [1.165, 1.54) is 6.20 Å². The Labute approximate surface area is 146 Å². The Morgan fingerprint density at radius 3 is 2.62 bits per heavy atom. The molecule has 24 heavy (non-hydrogen) atoms. The van der Waals surface area contributed by atoms with Gasteiger partial charge in [0.15, 0.2) is 0 Å². The molecule has 0 aliphatic carbocycles. The zero-order valence-electron chi connectivity index (χ0n) is 13.6. The van der Waals surface area contributed by atoms with E-state index in [2.05, 4.69) is 10.6 Å². The number of amides is 1. The fraction of sp³-hybridized carbons (Fsp3) is 0.158. The molecule has 0 fully saturated rings. The normalized spacial score (nSPS) is 12.1. The van der Waals surface area contributed by atoms with Gasteiger partial charge in [-0.1, -0.05) is 36.4 Å². The number of hydrogen-bond acceptors (Lipinski definition) is 4. The smallest absolute Gasteiger partial charge is 0.263 e. The predicted octanol–water partition coefficient (Wildman–Crippen LogP) is 4.11. The molecule has 122 valence electrons. The molecule has 4 nitrogen and oxygen atoms in total. The van der Waals surface area contributed by atoms with Gasteiger partial charge in [0, 0.05) is 16.8 Å². The van der Waals surface area contributed by atoms with Gasteiger partial charge in [-0.15, -0.1) is 11.8 Å². The fourth-order valence-electron chi connectivity index (χ4n) is 2.12. The monoisotopic (exact) mass is 337 g/mol. The first kappa shape index (κ1) is 17.6. The number of hydrogen-bond donors (Lipinski definition) is 2. The van der Waals surface area contributed by atoms with Gasteiger partial charge in [0.1, 0.15) is 11.6 Å². The maximum Gasteiger partial charge on any atom is 0.263 e. The zero-order valence-corrected chi connectivity index (χ0v) is 14.4. The SMILES string of the molecule is CSc1cccc(N/C=C(/C#N)C(=O)NC(C)c2ccccc2)c1. The first-order chi connectivity index (χ1) is 11.6. The van der Waals surface area contributed by atoms with E-state index in [1.807, 2.05) is 73.8 Å². The molecule has 2 aromatic rings. The predicted molar refractivity (Wildman–Crippen MR) is 98.5 cm³/mol. The van der Waals surface area contributed by atoms with Crippen molar-refractivity contribution in [3.8, 4) is 6.07 Å². The Morgan fingerprint density at radius 1 is 1.21 bits per heavy atom. The number of benzene rings is 2. The molecule has 2 N–H and O–H groups in total. The van der Waals surface area contributed by atoms with Crippen LogP contribution < -0.4 is 10.6 Å². The molecule has 0 radical (unpaired) electrons. The van der Waals surface area contributed by atoms with Crippen molar-refractivity contribution in [3.63, 3.8) is 0 Å². The molecular weight excluding hydrogens is 318 g/mol. The van der Waals surface area contributed by atoms with Crippen LogP contribution in [0.2, 0.25) is 0 Å². The lowest BCUT2D eigenvalue weighted by molar-refractivity contribution is -0.117. The summed E-state index contributed by atoms with van der Waals surface area (Å²) in [6.45, 7) is 1.89. The Kier molecular flexibility index (Phi) is 6.47. The highest BCUT2D eigenvalue weighted by Crippen LogP contribution is 2.19. The molecule has 0 heterocycles. The van der Waals surface area contributed by atoms with E-state index >= 15 is 0 Å². The van der Waals surface area contributed by atoms with E-state index in [-0.39, 0.29) is 11.6 Å². The van der Waals surface area contributed by atoms with Crippen molar-refractivity contribution in [2.75, 3.05) is 11.6 Å². The number of carbonyl (C=O) groups is 1. The second-order valence-corrected chi connectivity index (χ2v) is 6.03. The summed E-state index contributed by atoms with van der Waals surface area (Å²) in [5, 5.41) is 15.1. The maximum absolute atomic E-state index is 12.3. The lowest BCUT2D eigenvalue weighted by Gasteiger charge is -2.13. The van der Waals surface area contributed by atoms with Crippen molar-refractivity contribution in [3.05, 3.63) is 71.9 Å². The third-order valence-electron chi connectivity index (χ3n) is 3.47. The lowest BCUT2D eigenvalue weighted by Crippen LogP contribution is -2.28. The van der Waals surface area contributed by atoms with Crippen molar-refractivity contribution < 1.29 is 4.79 Å². The minimum absolute atomic E-state index is 0.0346. The summed E-state index contributed by atoms with van der Waals surface area (Å²) in [7, 11) is 0. The van der Waals surface area contributed by atoms with Crippen molar-refractivity contribution in [2.45, 2.75) is 17.9 Å². The molecule has 0 saturated carbocycles. The minimum Gasteiger partial charge on any atom is -0.360 e. The third kappa shape index (κ3) is 4.90. The maximum atomic E-state index is 12.3. The van der Waals surface area contributed by atoms with Gasteiger partial charge in [0.25, 0.3) is 5.91 Å². The van der Waals surface area contributed by atoms with Gasteiger partial charge in [-0.2, -0.15) is 5.26 Å². The molecule has 0 aliphatic rings. The van der Waals surface area contributed by atoms with Gasteiger partial charge in [-0.3, -0.25) is 4.79 Å². The average molecular weight is 337 g/mol. The zero-order chi connectivity index (χ0) is 17.4. The Balaban J connectivity index is 2.04. The van der Waals surface area contributed by atoms with E-state index in [0.29, 0.717) is 0 Å². The Hall–Kier alpha value is -2.71. The fourth-order valence-corrected chi connectivity index (χ4v) is 2.58. The van der Waals surface area contributed by atoms with Gasteiger partial charge < -0.3 is 10.6 Å². The molecule has 0 spiro atoms. The summed E-state index contributed by atoms with van der Waals surface area (Å²) in [6, 6.07) is 19.2. The van der Waals surface area contributed by atoms with E-state index in [1.54, 1.807) is 11.8 Å². The van der Waals surface area contributed by atoms with Crippen molar-refractivity contribution in [1.29, 1.82) is 5.26 Å². The van der Waals surface area contributed by atoms with Crippen LogP contribution in [0.15, 0.2) is 71.3 Å². The quantitative estimate of drug-likeness (QED) is 0.473. The number of anilines is 1. The van der Waals surface area contributed by atoms with E-state index in [0.717, 1.165) is 16.1 Å². The largest absolute Gasteiger partial charge is 0.360 e. The van der Waals surface area contributed by atoms with Gasteiger partial charge in [0.05, 0.1) is 6.04 Å². The highest BCUT2D eigenvalue weighted by molar-refractivity contribution is 7.98. The van der Waals surface area contributed by atoms with Crippen LogP contribution in [-0.4, -0.2) is 12.2 Å². The van der Waals surface area contributed by atoms with Crippen LogP contribution in [0.1, 0.15) is 18.5 Å². The average Bonchev–Trinajstić information content (AvgIpc) is 2.63. The molecule has 0 aromatic heterocycles. The van der Waals surface area contributed by atoms with Gasteiger partial charge in [0.2, 0.25) is 0 Å². The number of thioether (sulfide) groups is 1. The lowest BCUT2D eigenvalue weighted by atomic mass is 10.1. The molecule has 0 saturated heterocycles. The summed E-state index contributed by atoms with van der Waals surface area (Å²) >= 11 is 1.63. The van der Waals surface area contributed by atoms with Crippen LogP contribution >= 0.6 is 11.8 Å². The van der Waals surface area contributed by atoms with Crippen LogP contribution in [0.25, 0.3) is 0 Å². The second-order valence-electron chi connectivity index (χ2n) is 5.15. The van der Waals surface area contributed by atoms with Crippen LogP contribution in [0.4, 0.5) is 5.69 Å². The highest BCUT2D eigenvalue weighted by atomic mass is 32.2. The number of carbonyl (C=O) groups excluding carboxylic acids is 1. The molecule has 1 unspecified atom stereocenters. The molecule has 5 heteroatoms. The molecule has 2 aromatic carbocycles. The van der Waals surface area contributed by atoms with Gasteiger partial charge >= 0.3 is 0 Å². The van der Waals surface area contributed by atoms with Crippen molar-refractivity contribution >= 4 is 23.4 Å². The number of nitriles is 1. The number of rotatable bonds is 6. The molecule has 1 atom stereocenters. The third-order valence-corrected chi connectivity index (χ3v) is 4.19. The Morgan fingerprint density at radius 2 is 1.96 bits per heavy atom. The molecule has 2 rings (SSSR count). The summed E-state index contributed by atoms with van der Waals surface area (Å²) in [4.78, 5) is 13.4. The van der Waals surface area contributed by atoms with E-state index < -0.39 is 5.91 Å². The standard InChI is InChI=1S/C19H19N3OS/c1-14(15-7-4-3-5-8-15)22-19(23)16(12-20)13-21-17-9-6-10-18(11-17)24-2/h3-11,13-14,21H,1-2H3,(H,22,23)/b16-13-. The molecular formula is C19H19N3OS. The molecule has 0 aliphatic heterocycles. The van der Waals surface area contributed by atoms with Crippen LogP contribution in [-0.2, 0) is 4.79 Å². The van der Waals surface area contributed by atoms with Crippen LogP contribution in [0.3, 0.4) is 0 Å². The van der Waals surface area contributed by atoms with E-state index in [4.69, 9.17) is 0 Å². The second kappa shape index (κ2) is 8.80. The molecule has 1 amide bonds. The first-order valence-electron chi connectivity index (χ1n) is 7.50. The Bertz CT molecular complexity index is 766. The summed E-state index contributed by atoms with van der Waals surface area (Å²) in [6.07, 6.45) is 3.43. The number of nitrogens with one attached hydrogen (secondary N) is 2. The minimum atomic E-state index is -0.401. The first-order valence-corrected chi connectivity index (χ1v) is 8.73. The van der Waals surface area contributed by atoms with Crippen molar-refractivity contribution in [2.24, 2.45) is 0 Å². The van der Waals surface area contributed by atoms with Gasteiger partial charge in [-0.25, -0.2) is 0 Å². The topological polar surface area (TPSA) is 64.9 Å². The van der Waals surface area contributed by atoms with Crippen LogP contribution in [0.5, 0.6) is 0 Å². The molecule has 0 bridgehead atoms. The van der Waals surface area contributed by atoms with Crippen molar-refractivity contribution in [1.82, 2.24) is 5.32 Å². The summed E-state index contributed by atoms with van der Waals surface area (Å²) in [5.41, 5.74) is 1.86. The summed E-state index contributed by atoms with van der Waals surface area (Å²) in [5.74, 6) is -0.401. The van der Waals surface area contributed by atoms with Crippen LogP contribution in [0, 0.1) is 11.3 Å². The highest BCUT2D eigenvalue weighted by Gasteiger charge is 2.13. The van der Waals surface area contributed by atoms with Gasteiger partial charge in [-0.05, 0) is 36.9 Å². The number of nitrogens with zero attached hydrogens (tertiary/aromatic N) is 1.